The number of hydrogen-bond acceptors (Lipinski definition) is 4. The minimum absolute atomic E-state index is 0.00795. The first-order valence-electron chi connectivity index (χ1n) is 7.23. The highest BCUT2D eigenvalue weighted by atomic mass is 16.5. The van der Waals surface area contributed by atoms with E-state index in [-0.39, 0.29) is 12.3 Å². The number of amides is 2. The van der Waals surface area contributed by atoms with E-state index < -0.39 is 30.1 Å². The average Bonchev–Trinajstić information content (AvgIpc) is 2.45. The van der Waals surface area contributed by atoms with Gasteiger partial charge in [-0.05, 0) is 25.2 Å². The van der Waals surface area contributed by atoms with E-state index in [1.807, 2.05) is 13.8 Å². The number of nitrogens with one attached hydrogen (secondary N) is 1. The summed E-state index contributed by atoms with van der Waals surface area (Å²) in [6, 6.07) is -1.44. The van der Waals surface area contributed by atoms with E-state index in [1.54, 1.807) is 0 Å². The molecule has 0 aromatic heterocycles. The maximum absolute atomic E-state index is 12.3. The summed E-state index contributed by atoms with van der Waals surface area (Å²) < 4.78 is 4.73. The maximum Gasteiger partial charge on any atom is 0.328 e. The standard InChI is InChI=1S/C14H24N2O5/c1-9(2)10(8-12(17)18)15-14(20)16-7-5-4-6-11(16)13(19)21-3/h9-11H,4-8H2,1-3H3,(H,15,20)(H,17,18). The Morgan fingerprint density at radius 2 is 2.00 bits per heavy atom. The molecule has 0 aromatic carbocycles. The molecule has 2 atom stereocenters. The third-order valence-electron chi connectivity index (χ3n) is 3.75. The molecule has 2 unspecified atom stereocenters. The lowest BCUT2D eigenvalue weighted by molar-refractivity contribution is -0.147. The first-order chi connectivity index (χ1) is 9.86. The van der Waals surface area contributed by atoms with Crippen LogP contribution in [-0.2, 0) is 14.3 Å². The minimum Gasteiger partial charge on any atom is -0.481 e. The van der Waals surface area contributed by atoms with Crippen LogP contribution in [0.25, 0.3) is 0 Å². The van der Waals surface area contributed by atoms with Crippen molar-refractivity contribution in [3.8, 4) is 0 Å². The molecule has 2 amide bonds. The first-order valence-corrected chi connectivity index (χ1v) is 7.23. The van der Waals surface area contributed by atoms with Gasteiger partial charge in [0.15, 0.2) is 0 Å². The summed E-state index contributed by atoms with van der Waals surface area (Å²) in [6.45, 7) is 4.17. The SMILES string of the molecule is COC(=O)C1CCCCN1C(=O)NC(CC(=O)O)C(C)C. The molecule has 1 fully saturated rings. The van der Waals surface area contributed by atoms with E-state index >= 15 is 0 Å². The van der Waals surface area contributed by atoms with Gasteiger partial charge in [-0.3, -0.25) is 4.79 Å². The zero-order valence-corrected chi connectivity index (χ0v) is 12.8. The second-order valence-electron chi connectivity index (χ2n) is 5.63. The van der Waals surface area contributed by atoms with Crippen molar-refractivity contribution in [2.24, 2.45) is 5.92 Å². The fourth-order valence-corrected chi connectivity index (χ4v) is 2.44. The molecule has 1 saturated heterocycles. The summed E-state index contributed by atoms with van der Waals surface area (Å²) in [5.41, 5.74) is 0. The van der Waals surface area contributed by atoms with Crippen LogP contribution in [0.1, 0.15) is 39.5 Å². The summed E-state index contributed by atoms with van der Waals surface area (Å²) >= 11 is 0. The van der Waals surface area contributed by atoms with E-state index in [2.05, 4.69) is 5.32 Å². The molecular weight excluding hydrogens is 276 g/mol. The molecular formula is C14H24N2O5. The molecule has 0 saturated carbocycles. The highest BCUT2D eigenvalue weighted by molar-refractivity contribution is 5.84. The van der Waals surface area contributed by atoms with Crippen LogP contribution in [0.4, 0.5) is 4.79 Å². The van der Waals surface area contributed by atoms with Crippen LogP contribution >= 0.6 is 0 Å². The Kier molecular flexibility index (Phi) is 6.45. The fourth-order valence-electron chi connectivity index (χ4n) is 2.44. The number of piperidine rings is 1. The summed E-state index contributed by atoms with van der Waals surface area (Å²) in [7, 11) is 1.30. The summed E-state index contributed by atoms with van der Waals surface area (Å²) in [5, 5.41) is 11.6. The molecule has 0 radical (unpaired) electrons. The van der Waals surface area contributed by atoms with Crippen molar-refractivity contribution >= 4 is 18.0 Å². The number of carboxylic acids is 1. The van der Waals surface area contributed by atoms with Crippen molar-refractivity contribution in [2.45, 2.75) is 51.6 Å². The quantitative estimate of drug-likeness (QED) is 0.744. The van der Waals surface area contributed by atoms with Gasteiger partial charge in [-0.25, -0.2) is 9.59 Å². The lowest BCUT2D eigenvalue weighted by atomic mass is 10.0. The second kappa shape index (κ2) is 7.85. The molecule has 120 valence electrons. The monoisotopic (exact) mass is 300 g/mol. The fraction of sp³-hybridized carbons (Fsp3) is 0.786. The molecule has 1 aliphatic rings. The number of nitrogens with zero attached hydrogens (tertiary/aromatic N) is 1. The molecule has 21 heavy (non-hydrogen) atoms. The van der Waals surface area contributed by atoms with E-state index in [4.69, 9.17) is 9.84 Å². The largest absolute Gasteiger partial charge is 0.481 e. The van der Waals surface area contributed by atoms with Crippen LogP contribution in [-0.4, -0.2) is 53.7 Å². The van der Waals surface area contributed by atoms with Gasteiger partial charge in [0, 0.05) is 12.6 Å². The molecule has 0 aliphatic carbocycles. The van der Waals surface area contributed by atoms with Crippen LogP contribution in [0, 0.1) is 5.92 Å². The molecule has 7 heteroatoms. The van der Waals surface area contributed by atoms with Gasteiger partial charge in [0.25, 0.3) is 0 Å². The van der Waals surface area contributed by atoms with Gasteiger partial charge in [-0.2, -0.15) is 0 Å². The molecule has 0 aromatic rings. The number of methoxy groups -OCH3 is 1. The van der Waals surface area contributed by atoms with Gasteiger partial charge in [-0.15, -0.1) is 0 Å². The first kappa shape index (κ1) is 17.3. The van der Waals surface area contributed by atoms with Crippen LogP contribution in [0.5, 0.6) is 0 Å². The number of carbonyl (C=O) groups excluding carboxylic acids is 2. The Balaban J connectivity index is 2.74. The van der Waals surface area contributed by atoms with Crippen LogP contribution in [0.15, 0.2) is 0 Å². The lowest BCUT2D eigenvalue weighted by Crippen LogP contribution is -2.55. The Hall–Kier alpha value is -1.79. The third kappa shape index (κ3) is 4.91. The molecule has 7 nitrogen and oxygen atoms in total. The average molecular weight is 300 g/mol. The second-order valence-corrected chi connectivity index (χ2v) is 5.63. The number of aliphatic carboxylic acids is 1. The van der Waals surface area contributed by atoms with E-state index in [0.29, 0.717) is 13.0 Å². The molecule has 1 heterocycles. The topological polar surface area (TPSA) is 95.9 Å². The predicted octanol–water partition coefficient (Wildman–Crippen LogP) is 1.22. The van der Waals surface area contributed by atoms with E-state index in [9.17, 15) is 14.4 Å². The Morgan fingerprint density at radius 3 is 2.52 bits per heavy atom. The van der Waals surface area contributed by atoms with Gasteiger partial charge < -0.3 is 20.1 Å². The summed E-state index contributed by atoms with van der Waals surface area (Å²) in [6.07, 6.45) is 2.13. The summed E-state index contributed by atoms with van der Waals surface area (Å²) in [4.78, 5) is 36.4. The Morgan fingerprint density at radius 1 is 1.33 bits per heavy atom. The molecule has 0 bridgehead atoms. The van der Waals surface area contributed by atoms with Crippen molar-refractivity contribution in [3.63, 3.8) is 0 Å². The Labute approximate surface area is 124 Å². The minimum atomic E-state index is -0.961. The normalized spacial score (nSPS) is 20.0. The third-order valence-corrected chi connectivity index (χ3v) is 3.75. The smallest absolute Gasteiger partial charge is 0.328 e. The van der Waals surface area contributed by atoms with Gasteiger partial charge in [0.05, 0.1) is 13.5 Å². The lowest BCUT2D eigenvalue weighted by Gasteiger charge is -2.35. The molecule has 1 aliphatic heterocycles. The number of carbonyl (C=O) groups is 3. The number of rotatable bonds is 5. The maximum atomic E-state index is 12.3. The number of likely N-dealkylation sites (tertiary alicyclic amines) is 1. The van der Waals surface area contributed by atoms with Crippen molar-refractivity contribution in [3.05, 3.63) is 0 Å². The van der Waals surface area contributed by atoms with Gasteiger partial charge in [0.2, 0.25) is 0 Å². The molecule has 1 rings (SSSR count). The van der Waals surface area contributed by atoms with Crippen molar-refractivity contribution < 1.29 is 24.2 Å². The van der Waals surface area contributed by atoms with Crippen molar-refractivity contribution in [2.75, 3.05) is 13.7 Å². The van der Waals surface area contributed by atoms with Crippen molar-refractivity contribution in [1.29, 1.82) is 0 Å². The number of carboxylic acid groups (broad SMARTS) is 1. The van der Waals surface area contributed by atoms with Crippen LogP contribution in [0.3, 0.4) is 0 Å². The van der Waals surface area contributed by atoms with Crippen molar-refractivity contribution in [1.82, 2.24) is 10.2 Å². The number of hydrogen-bond donors (Lipinski definition) is 2. The number of ether oxygens (including phenoxy) is 1. The molecule has 0 spiro atoms. The highest BCUT2D eigenvalue weighted by Gasteiger charge is 2.34. The zero-order valence-electron chi connectivity index (χ0n) is 12.8. The predicted molar refractivity (Wildman–Crippen MR) is 75.8 cm³/mol. The Bertz CT molecular complexity index is 397. The molecule has 2 N–H and O–H groups in total. The van der Waals surface area contributed by atoms with Gasteiger partial charge in [-0.1, -0.05) is 13.8 Å². The summed E-state index contributed by atoms with van der Waals surface area (Å²) in [5.74, 6) is -1.40. The van der Waals surface area contributed by atoms with Gasteiger partial charge in [0.1, 0.15) is 6.04 Å². The van der Waals surface area contributed by atoms with Crippen LogP contribution in [0.2, 0.25) is 0 Å². The van der Waals surface area contributed by atoms with Crippen LogP contribution < -0.4 is 5.32 Å². The van der Waals surface area contributed by atoms with E-state index in [0.717, 1.165) is 12.8 Å². The number of urea groups is 1. The highest BCUT2D eigenvalue weighted by Crippen LogP contribution is 2.19. The zero-order chi connectivity index (χ0) is 16.0. The van der Waals surface area contributed by atoms with E-state index in [1.165, 1.54) is 12.0 Å². The van der Waals surface area contributed by atoms with Gasteiger partial charge >= 0.3 is 18.0 Å². The number of esters is 1.